The van der Waals surface area contributed by atoms with E-state index in [0.29, 0.717) is 13.1 Å². The number of benzene rings is 3. The Kier molecular flexibility index (Phi) is 5.67. The zero-order chi connectivity index (χ0) is 20.2. The van der Waals surface area contributed by atoms with Crippen LogP contribution in [0, 0.1) is 0 Å². The van der Waals surface area contributed by atoms with E-state index in [2.05, 4.69) is 51.9 Å². The van der Waals surface area contributed by atoms with Gasteiger partial charge in [0, 0.05) is 19.5 Å². The predicted octanol–water partition coefficient (Wildman–Crippen LogP) is 3.88. The van der Waals surface area contributed by atoms with Gasteiger partial charge < -0.3 is 20.3 Å². The summed E-state index contributed by atoms with van der Waals surface area (Å²) in [6, 6.07) is 20.7. The number of carbonyl (C=O) groups is 1. The summed E-state index contributed by atoms with van der Waals surface area (Å²) in [5.74, 6) is 0.979. The zero-order valence-electron chi connectivity index (χ0n) is 16.9. The molecule has 0 aliphatic carbocycles. The van der Waals surface area contributed by atoms with Crippen LogP contribution in [0.5, 0.6) is 5.75 Å². The van der Waals surface area contributed by atoms with E-state index in [1.807, 2.05) is 38.4 Å². The number of likely N-dealkylation sites (N-methyl/N-ethyl adjacent to an activating group) is 1. The first kappa shape index (κ1) is 19.3. The molecule has 0 unspecified atom stereocenters. The molecule has 5 nitrogen and oxygen atoms in total. The lowest BCUT2D eigenvalue weighted by Crippen LogP contribution is -2.40. The van der Waals surface area contributed by atoms with E-state index in [1.54, 1.807) is 0 Å². The molecule has 0 saturated carbocycles. The second kappa shape index (κ2) is 8.53. The van der Waals surface area contributed by atoms with Gasteiger partial charge in [-0.05, 0) is 47.6 Å². The van der Waals surface area contributed by atoms with Gasteiger partial charge in [-0.1, -0.05) is 54.6 Å². The topological polar surface area (TPSA) is 53.6 Å². The Morgan fingerprint density at radius 2 is 1.90 bits per heavy atom. The van der Waals surface area contributed by atoms with Crippen LogP contribution in [0.1, 0.15) is 22.7 Å². The van der Waals surface area contributed by atoms with Crippen molar-refractivity contribution in [3.05, 3.63) is 77.4 Å². The largest absolute Gasteiger partial charge is 0.493 e. The van der Waals surface area contributed by atoms with Gasteiger partial charge in [0.15, 0.2) is 0 Å². The monoisotopic (exact) mass is 389 g/mol. The highest BCUT2D eigenvalue weighted by Gasteiger charge is 2.19. The molecular weight excluding hydrogens is 362 g/mol. The summed E-state index contributed by atoms with van der Waals surface area (Å²) in [7, 11) is 4.06. The van der Waals surface area contributed by atoms with E-state index in [-0.39, 0.29) is 12.1 Å². The predicted molar refractivity (Wildman–Crippen MR) is 116 cm³/mol. The Morgan fingerprint density at radius 1 is 1.07 bits per heavy atom. The highest BCUT2D eigenvalue weighted by atomic mass is 16.5. The van der Waals surface area contributed by atoms with Crippen molar-refractivity contribution in [2.75, 3.05) is 27.2 Å². The van der Waals surface area contributed by atoms with Crippen LogP contribution >= 0.6 is 0 Å². The number of nitrogens with zero attached hydrogens (tertiary/aromatic N) is 1. The van der Waals surface area contributed by atoms with Gasteiger partial charge in [-0.2, -0.15) is 0 Å². The second-order valence-electron chi connectivity index (χ2n) is 7.65. The van der Waals surface area contributed by atoms with Gasteiger partial charge >= 0.3 is 6.03 Å². The van der Waals surface area contributed by atoms with Crippen molar-refractivity contribution in [2.24, 2.45) is 0 Å². The zero-order valence-corrected chi connectivity index (χ0v) is 16.9. The van der Waals surface area contributed by atoms with Crippen LogP contribution in [0.25, 0.3) is 10.8 Å². The molecule has 5 heteroatoms. The fraction of sp³-hybridized carbons (Fsp3) is 0.292. The Hall–Kier alpha value is -3.05. The minimum Gasteiger partial charge on any atom is -0.493 e. The molecule has 2 amide bonds. The lowest BCUT2D eigenvalue weighted by Gasteiger charge is -2.25. The molecule has 0 saturated heterocycles. The van der Waals surface area contributed by atoms with Gasteiger partial charge in [0.25, 0.3) is 0 Å². The van der Waals surface area contributed by atoms with Crippen LogP contribution in [0.3, 0.4) is 0 Å². The van der Waals surface area contributed by atoms with Gasteiger partial charge in [-0.15, -0.1) is 0 Å². The van der Waals surface area contributed by atoms with Crippen LogP contribution in [0.15, 0.2) is 60.7 Å². The maximum absolute atomic E-state index is 12.4. The molecule has 3 aromatic rings. The number of carbonyl (C=O) groups excluding carboxylic acids is 1. The number of hydrogen-bond acceptors (Lipinski definition) is 3. The van der Waals surface area contributed by atoms with Gasteiger partial charge in [-0.25, -0.2) is 4.79 Å². The molecular formula is C24H27N3O2. The molecule has 2 N–H and O–H groups in total. The Morgan fingerprint density at radius 3 is 2.76 bits per heavy atom. The number of amides is 2. The summed E-state index contributed by atoms with van der Waals surface area (Å²) < 4.78 is 5.60. The van der Waals surface area contributed by atoms with E-state index in [0.717, 1.165) is 24.3 Å². The first-order valence-corrected chi connectivity index (χ1v) is 10.0. The fourth-order valence-corrected chi connectivity index (χ4v) is 3.89. The molecule has 0 spiro atoms. The van der Waals surface area contributed by atoms with Gasteiger partial charge in [-0.3, -0.25) is 0 Å². The quantitative estimate of drug-likeness (QED) is 0.673. The van der Waals surface area contributed by atoms with Crippen LogP contribution in [0.4, 0.5) is 4.79 Å². The molecule has 29 heavy (non-hydrogen) atoms. The van der Waals surface area contributed by atoms with Crippen molar-refractivity contribution in [3.63, 3.8) is 0 Å². The third-order valence-corrected chi connectivity index (χ3v) is 5.50. The van der Waals surface area contributed by atoms with Gasteiger partial charge in [0.2, 0.25) is 0 Å². The lowest BCUT2D eigenvalue weighted by atomic mass is 10.0. The molecule has 1 aliphatic heterocycles. The molecule has 1 atom stereocenters. The maximum atomic E-state index is 12.4. The van der Waals surface area contributed by atoms with Crippen molar-refractivity contribution in [1.82, 2.24) is 15.5 Å². The van der Waals surface area contributed by atoms with Crippen LogP contribution in [-0.2, 0) is 13.0 Å². The first-order valence-electron chi connectivity index (χ1n) is 10.0. The van der Waals surface area contributed by atoms with Crippen molar-refractivity contribution < 1.29 is 9.53 Å². The number of hydrogen-bond donors (Lipinski definition) is 2. The standard InChI is InChI=1S/C24H27N3O2/c1-27(2)22(18-10-11-23-19(14-18)12-13-29-23)16-26-24(28)25-15-20-8-5-7-17-6-3-4-9-21(17)20/h3-11,14,22H,12-13,15-16H2,1-2H3,(H2,25,26,28)/t22-/m0/s1. The summed E-state index contributed by atoms with van der Waals surface area (Å²) in [6.07, 6.45) is 0.947. The molecule has 3 aromatic carbocycles. The molecule has 0 bridgehead atoms. The van der Waals surface area contributed by atoms with E-state index in [1.165, 1.54) is 21.9 Å². The summed E-state index contributed by atoms with van der Waals surface area (Å²) in [5.41, 5.74) is 3.55. The average molecular weight is 389 g/mol. The normalized spacial score (nSPS) is 13.8. The first-order chi connectivity index (χ1) is 14.1. The van der Waals surface area contributed by atoms with Crippen LogP contribution in [0.2, 0.25) is 0 Å². The Balaban J connectivity index is 1.37. The number of nitrogens with one attached hydrogen (secondary N) is 2. The van der Waals surface area contributed by atoms with Crippen molar-refractivity contribution in [1.29, 1.82) is 0 Å². The maximum Gasteiger partial charge on any atom is 0.315 e. The number of ether oxygens (including phenoxy) is 1. The highest BCUT2D eigenvalue weighted by Crippen LogP contribution is 2.29. The van der Waals surface area contributed by atoms with Gasteiger partial charge in [0.05, 0.1) is 12.6 Å². The summed E-state index contributed by atoms with van der Waals surface area (Å²) in [4.78, 5) is 14.6. The average Bonchev–Trinajstić information content (AvgIpc) is 3.20. The number of fused-ring (bicyclic) bond motifs is 2. The van der Waals surface area contributed by atoms with Crippen LogP contribution in [-0.4, -0.2) is 38.2 Å². The molecule has 0 radical (unpaired) electrons. The van der Waals surface area contributed by atoms with Crippen molar-refractivity contribution >= 4 is 16.8 Å². The van der Waals surface area contributed by atoms with Crippen molar-refractivity contribution in [2.45, 2.75) is 19.0 Å². The van der Waals surface area contributed by atoms with E-state index < -0.39 is 0 Å². The molecule has 0 fully saturated rings. The van der Waals surface area contributed by atoms with Gasteiger partial charge in [0.1, 0.15) is 5.75 Å². The van der Waals surface area contributed by atoms with E-state index in [4.69, 9.17) is 4.74 Å². The molecule has 1 heterocycles. The summed E-state index contributed by atoms with van der Waals surface area (Å²) in [6.45, 7) is 1.78. The third kappa shape index (κ3) is 4.35. The molecule has 1 aliphatic rings. The minimum atomic E-state index is -0.158. The minimum absolute atomic E-state index is 0.101. The van der Waals surface area contributed by atoms with E-state index in [9.17, 15) is 4.79 Å². The smallest absolute Gasteiger partial charge is 0.315 e. The van der Waals surface area contributed by atoms with E-state index >= 15 is 0 Å². The molecule has 4 rings (SSSR count). The Bertz CT molecular complexity index is 1010. The molecule has 150 valence electrons. The van der Waals surface area contributed by atoms with Crippen LogP contribution < -0.4 is 15.4 Å². The summed E-state index contributed by atoms with van der Waals surface area (Å²) >= 11 is 0. The molecule has 0 aromatic heterocycles. The fourth-order valence-electron chi connectivity index (χ4n) is 3.89. The Labute approximate surface area is 171 Å². The lowest BCUT2D eigenvalue weighted by molar-refractivity contribution is 0.232. The summed E-state index contributed by atoms with van der Waals surface area (Å²) in [5, 5.41) is 8.36. The highest BCUT2D eigenvalue weighted by molar-refractivity contribution is 5.86. The SMILES string of the molecule is CN(C)[C@@H](CNC(=O)NCc1cccc2ccccc12)c1ccc2c(c1)CCO2. The second-order valence-corrected chi connectivity index (χ2v) is 7.65. The number of urea groups is 1. The number of rotatable bonds is 6. The van der Waals surface area contributed by atoms with Crippen molar-refractivity contribution in [3.8, 4) is 5.75 Å². The third-order valence-electron chi connectivity index (χ3n) is 5.50.